The lowest BCUT2D eigenvalue weighted by molar-refractivity contribution is -0.136. The fourth-order valence-corrected chi connectivity index (χ4v) is 2.00. The maximum atomic E-state index is 12.1. The van der Waals surface area contributed by atoms with Gasteiger partial charge in [0.2, 0.25) is 0 Å². The summed E-state index contributed by atoms with van der Waals surface area (Å²) in [4.78, 5) is 24.0. The van der Waals surface area contributed by atoms with Crippen molar-refractivity contribution < 1.29 is 14.7 Å². The zero-order chi connectivity index (χ0) is 16.9. The third-order valence-corrected chi connectivity index (χ3v) is 3.69. The molecular weight excluding hydrogens is 280 g/mol. The Kier molecular flexibility index (Phi) is 6.11. The van der Waals surface area contributed by atoms with E-state index in [1.54, 1.807) is 19.9 Å². The second-order valence-corrected chi connectivity index (χ2v) is 6.67. The molecule has 0 aliphatic carbocycles. The molecule has 0 aliphatic heterocycles. The highest BCUT2D eigenvalue weighted by Crippen LogP contribution is 2.29. The van der Waals surface area contributed by atoms with Gasteiger partial charge in [0.15, 0.2) is 0 Å². The molecule has 5 heteroatoms. The maximum Gasteiger partial charge on any atom is 0.313 e. The predicted octanol–water partition coefficient (Wildman–Crippen LogP) is 2.06. The quantitative estimate of drug-likeness (QED) is 0.745. The van der Waals surface area contributed by atoms with E-state index in [2.05, 4.69) is 10.6 Å². The molecule has 2 atom stereocenters. The highest BCUT2D eigenvalue weighted by molar-refractivity contribution is 6.39. The Bertz CT molecular complexity index is 535. The van der Waals surface area contributed by atoms with E-state index in [0.717, 1.165) is 5.56 Å². The van der Waals surface area contributed by atoms with Gasteiger partial charge < -0.3 is 15.7 Å². The fraction of sp³-hybridized carbons (Fsp3) is 0.529. The lowest BCUT2D eigenvalue weighted by Crippen LogP contribution is -2.44. The summed E-state index contributed by atoms with van der Waals surface area (Å²) < 4.78 is 0. The molecule has 0 saturated heterocycles. The largest absolute Gasteiger partial charge is 0.396 e. The number of benzene rings is 1. The van der Waals surface area contributed by atoms with Crippen LogP contribution in [-0.2, 0) is 15.0 Å². The van der Waals surface area contributed by atoms with Gasteiger partial charge in [-0.3, -0.25) is 9.59 Å². The smallest absolute Gasteiger partial charge is 0.313 e. The zero-order valence-electron chi connectivity index (χ0n) is 13.9. The average molecular weight is 306 g/mol. The molecule has 0 radical (unpaired) electrons. The van der Waals surface area contributed by atoms with Crippen LogP contribution in [0.3, 0.4) is 0 Å². The molecule has 0 aromatic heterocycles. The van der Waals surface area contributed by atoms with Crippen LogP contribution in [0.4, 0.5) is 5.69 Å². The molecule has 0 fully saturated rings. The van der Waals surface area contributed by atoms with Crippen molar-refractivity contribution in [2.75, 3.05) is 11.9 Å². The zero-order valence-corrected chi connectivity index (χ0v) is 13.9. The summed E-state index contributed by atoms with van der Waals surface area (Å²) >= 11 is 0. The number of para-hydroxylation sites is 1. The first-order chi connectivity index (χ1) is 10.2. The monoisotopic (exact) mass is 306 g/mol. The molecule has 2 unspecified atom stereocenters. The van der Waals surface area contributed by atoms with Gasteiger partial charge in [0.05, 0.1) is 0 Å². The van der Waals surface area contributed by atoms with Crippen LogP contribution in [0.5, 0.6) is 0 Å². The highest BCUT2D eigenvalue weighted by atomic mass is 16.3. The second-order valence-electron chi connectivity index (χ2n) is 6.67. The van der Waals surface area contributed by atoms with Gasteiger partial charge in [-0.05, 0) is 29.9 Å². The van der Waals surface area contributed by atoms with Crippen LogP contribution in [0, 0.1) is 5.92 Å². The van der Waals surface area contributed by atoms with Gasteiger partial charge in [-0.2, -0.15) is 0 Å². The molecule has 22 heavy (non-hydrogen) atoms. The number of rotatable bonds is 4. The minimum absolute atomic E-state index is 0.0457. The Balaban J connectivity index is 2.80. The fourth-order valence-electron chi connectivity index (χ4n) is 2.00. The molecule has 1 aromatic rings. The highest BCUT2D eigenvalue weighted by Gasteiger charge is 2.22. The number of aliphatic hydroxyl groups is 1. The summed E-state index contributed by atoms with van der Waals surface area (Å²) in [7, 11) is 0. The van der Waals surface area contributed by atoms with Crippen LogP contribution in [-0.4, -0.2) is 29.6 Å². The first-order valence-electron chi connectivity index (χ1n) is 7.49. The van der Waals surface area contributed by atoms with Crippen molar-refractivity contribution in [1.29, 1.82) is 0 Å². The van der Waals surface area contributed by atoms with E-state index in [-0.39, 0.29) is 24.0 Å². The average Bonchev–Trinajstić information content (AvgIpc) is 2.45. The third-order valence-electron chi connectivity index (χ3n) is 3.69. The van der Waals surface area contributed by atoms with E-state index in [9.17, 15) is 9.59 Å². The second kappa shape index (κ2) is 7.40. The summed E-state index contributed by atoms with van der Waals surface area (Å²) in [6.07, 6.45) is 0. The lowest BCUT2D eigenvalue weighted by Gasteiger charge is -2.23. The van der Waals surface area contributed by atoms with Crippen LogP contribution in [0.15, 0.2) is 24.3 Å². The van der Waals surface area contributed by atoms with Gasteiger partial charge >= 0.3 is 11.8 Å². The van der Waals surface area contributed by atoms with Gasteiger partial charge in [-0.15, -0.1) is 0 Å². The Morgan fingerprint density at radius 2 is 1.73 bits per heavy atom. The molecular formula is C17H26N2O3. The Morgan fingerprint density at radius 3 is 2.27 bits per heavy atom. The Morgan fingerprint density at radius 1 is 1.14 bits per heavy atom. The van der Waals surface area contributed by atoms with E-state index >= 15 is 0 Å². The van der Waals surface area contributed by atoms with Gasteiger partial charge in [-0.25, -0.2) is 0 Å². The van der Waals surface area contributed by atoms with Crippen LogP contribution in [0.25, 0.3) is 0 Å². The molecule has 0 heterocycles. The number of hydrogen-bond acceptors (Lipinski definition) is 3. The van der Waals surface area contributed by atoms with Crippen molar-refractivity contribution in [2.24, 2.45) is 5.92 Å². The third kappa shape index (κ3) is 4.84. The van der Waals surface area contributed by atoms with Crippen LogP contribution in [0.2, 0.25) is 0 Å². The molecule has 122 valence electrons. The van der Waals surface area contributed by atoms with E-state index in [1.807, 2.05) is 39.0 Å². The normalized spacial score (nSPS) is 14.1. The number of carbonyl (C=O) groups excluding carboxylic acids is 2. The van der Waals surface area contributed by atoms with Crippen molar-refractivity contribution in [3.8, 4) is 0 Å². The molecule has 1 rings (SSSR count). The molecule has 2 amide bonds. The molecule has 0 bridgehead atoms. The van der Waals surface area contributed by atoms with Gasteiger partial charge in [-0.1, -0.05) is 45.9 Å². The van der Waals surface area contributed by atoms with Crippen molar-refractivity contribution in [3.63, 3.8) is 0 Å². The summed E-state index contributed by atoms with van der Waals surface area (Å²) in [5, 5.41) is 14.3. The first-order valence-corrected chi connectivity index (χ1v) is 7.49. The minimum Gasteiger partial charge on any atom is -0.396 e. The molecule has 3 N–H and O–H groups in total. The molecule has 1 aromatic carbocycles. The van der Waals surface area contributed by atoms with Crippen molar-refractivity contribution in [2.45, 2.75) is 46.1 Å². The van der Waals surface area contributed by atoms with Crippen molar-refractivity contribution >= 4 is 17.5 Å². The van der Waals surface area contributed by atoms with Gasteiger partial charge in [0, 0.05) is 18.3 Å². The number of nitrogens with one attached hydrogen (secondary N) is 2. The number of carbonyl (C=O) groups is 2. The van der Waals surface area contributed by atoms with E-state index in [4.69, 9.17) is 5.11 Å². The van der Waals surface area contributed by atoms with Crippen molar-refractivity contribution in [3.05, 3.63) is 29.8 Å². The molecule has 0 aliphatic rings. The number of amides is 2. The molecule has 0 spiro atoms. The number of hydrogen-bond donors (Lipinski definition) is 3. The standard InChI is InChI=1S/C17H26N2O3/c1-11(10-20)12(2)18-15(21)16(22)19-14-9-7-6-8-13(14)17(3,4)5/h6-9,11-12,20H,10H2,1-5H3,(H,18,21)(H,19,22). The molecule has 5 nitrogen and oxygen atoms in total. The summed E-state index contributed by atoms with van der Waals surface area (Å²) in [6.45, 7) is 9.65. The number of anilines is 1. The van der Waals surface area contributed by atoms with Gasteiger partial charge in [0.25, 0.3) is 0 Å². The first kappa shape index (κ1) is 18.2. The summed E-state index contributed by atoms with van der Waals surface area (Å²) in [6, 6.07) is 7.16. The maximum absolute atomic E-state index is 12.1. The summed E-state index contributed by atoms with van der Waals surface area (Å²) in [5.74, 6) is -1.51. The number of aliphatic hydroxyl groups excluding tert-OH is 1. The lowest BCUT2D eigenvalue weighted by atomic mass is 9.86. The topological polar surface area (TPSA) is 78.4 Å². The van der Waals surface area contributed by atoms with Crippen molar-refractivity contribution in [1.82, 2.24) is 5.32 Å². The van der Waals surface area contributed by atoms with Crippen LogP contribution >= 0.6 is 0 Å². The SMILES string of the molecule is CC(CO)C(C)NC(=O)C(=O)Nc1ccccc1C(C)(C)C. The predicted molar refractivity (Wildman–Crippen MR) is 87.6 cm³/mol. The molecule has 0 saturated carbocycles. The Labute approximate surface area is 132 Å². The van der Waals surface area contributed by atoms with Crippen LogP contribution in [0.1, 0.15) is 40.2 Å². The Hall–Kier alpha value is -1.88. The van der Waals surface area contributed by atoms with Crippen LogP contribution < -0.4 is 10.6 Å². The van der Waals surface area contributed by atoms with E-state index in [0.29, 0.717) is 5.69 Å². The minimum atomic E-state index is -0.700. The van der Waals surface area contributed by atoms with E-state index in [1.165, 1.54) is 0 Å². The summed E-state index contributed by atoms with van der Waals surface area (Å²) in [5.41, 5.74) is 1.46. The van der Waals surface area contributed by atoms with E-state index < -0.39 is 11.8 Å². The van der Waals surface area contributed by atoms with Gasteiger partial charge in [0.1, 0.15) is 0 Å².